The zero-order valence-corrected chi connectivity index (χ0v) is 20.6. The van der Waals surface area contributed by atoms with Crippen LogP contribution in [0.4, 0.5) is 11.4 Å². The highest BCUT2D eigenvalue weighted by Gasteiger charge is 2.21. The third-order valence-corrected chi connectivity index (χ3v) is 6.91. The molecule has 0 atom stereocenters. The van der Waals surface area contributed by atoms with E-state index in [1.807, 2.05) is 0 Å². The van der Waals surface area contributed by atoms with E-state index in [-0.39, 0.29) is 33.2 Å². The van der Waals surface area contributed by atoms with Crippen molar-refractivity contribution >= 4 is 44.7 Å². The Morgan fingerprint density at radius 1 is 0.778 bits per heavy atom. The lowest BCUT2D eigenvalue weighted by Gasteiger charge is -2.15. The van der Waals surface area contributed by atoms with E-state index in [2.05, 4.69) is 10.0 Å². The molecule has 0 aliphatic carbocycles. The fourth-order valence-electron chi connectivity index (χ4n) is 3.48. The minimum atomic E-state index is -3.99. The standard InChI is InChI=1S/C27H21ClN2O5S/c1-35-20-12-14-21(15-13-20)36(33,34)30-25-10-6-5-9-22(25)27(32)29-24-16-11-19(28)17-23(24)26(31)18-7-3-2-4-8-18/h2-17,30H,1H3,(H,29,32). The van der Waals surface area contributed by atoms with Crippen molar-refractivity contribution in [2.24, 2.45) is 0 Å². The lowest BCUT2D eigenvalue weighted by molar-refractivity contribution is 0.102. The fourth-order valence-corrected chi connectivity index (χ4v) is 4.73. The van der Waals surface area contributed by atoms with Gasteiger partial charge in [0.1, 0.15) is 5.75 Å². The molecule has 0 aromatic heterocycles. The topological polar surface area (TPSA) is 102 Å². The highest BCUT2D eigenvalue weighted by atomic mass is 35.5. The molecule has 2 N–H and O–H groups in total. The molecule has 0 heterocycles. The van der Waals surface area contributed by atoms with Crippen LogP contribution < -0.4 is 14.8 Å². The van der Waals surface area contributed by atoms with Gasteiger partial charge in [0.15, 0.2) is 5.78 Å². The van der Waals surface area contributed by atoms with Gasteiger partial charge in [-0.15, -0.1) is 0 Å². The van der Waals surface area contributed by atoms with Crippen molar-refractivity contribution in [3.63, 3.8) is 0 Å². The average Bonchev–Trinajstić information content (AvgIpc) is 2.90. The molecule has 4 aromatic rings. The molecule has 0 aliphatic rings. The zero-order valence-electron chi connectivity index (χ0n) is 19.1. The van der Waals surface area contributed by atoms with Gasteiger partial charge in [-0.05, 0) is 54.6 Å². The van der Waals surface area contributed by atoms with Crippen LogP contribution >= 0.6 is 11.6 Å². The van der Waals surface area contributed by atoms with Crippen molar-refractivity contribution in [1.29, 1.82) is 0 Å². The number of hydrogen-bond acceptors (Lipinski definition) is 5. The number of sulfonamides is 1. The molecule has 1 amide bonds. The summed E-state index contributed by atoms with van der Waals surface area (Å²) in [7, 11) is -2.51. The second-order valence-corrected chi connectivity index (χ2v) is 9.78. The monoisotopic (exact) mass is 520 g/mol. The minimum Gasteiger partial charge on any atom is -0.497 e. The number of methoxy groups -OCH3 is 1. The van der Waals surface area contributed by atoms with Gasteiger partial charge in [0.2, 0.25) is 0 Å². The van der Waals surface area contributed by atoms with Crippen LogP contribution in [0.15, 0.2) is 102 Å². The maximum Gasteiger partial charge on any atom is 0.261 e. The molecule has 4 rings (SSSR count). The summed E-state index contributed by atoms with van der Waals surface area (Å²) in [5.41, 5.74) is 1.03. The summed E-state index contributed by atoms with van der Waals surface area (Å²) in [6, 6.07) is 25.2. The molecule has 0 bridgehead atoms. The van der Waals surface area contributed by atoms with Gasteiger partial charge < -0.3 is 10.1 Å². The molecule has 0 saturated carbocycles. The van der Waals surface area contributed by atoms with Gasteiger partial charge in [-0.25, -0.2) is 8.42 Å². The van der Waals surface area contributed by atoms with Crippen LogP contribution in [0.25, 0.3) is 0 Å². The molecular weight excluding hydrogens is 500 g/mol. The Morgan fingerprint density at radius 2 is 1.44 bits per heavy atom. The Balaban J connectivity index is 1.63. The Hall–Kier alpha value is -4.14. The Morgan fingerprint density at radius 3 is 2.14 bits per heavy atom. The van der Waals surface area contributed by atoms with Crippen LogP contribution in [0.3, 0.4) is 0 Å². The number of rotatable bonds is 8. The summed E-state index contributed by atoms with van der Waals surface area (Å²) in [5.74, 6) is -0.410. The number of anilines is 2. The molecule has 0 unspecified atom stereocenters. The summed E-state index contributed by atoms with van der Waals surface area (Å²) in [4.78, 5) is 26.3. The molecule has 0 spiro atoms. The van der Waals surface area contributed by atoms with Gasteiger partial charge in [-0.1, -0.05) is 54.1 Å². The van der Waals surface area contributed by atoms with E-state index in [0.717, 1.165) is 0 Å². The first-order valence-corrected chi connectivity index (χ1v) is 12.6. The summed E-state index contributed by atoms with van der Waals surface area (Å²) < 4.78 is 33.4. The smallest absolute Gasteiger partial charge is 0.261 e. The molecular formula is C27H21ClN2O5S. The Labute approximate surface area is 213 Å². The largest absolute Gasteiger partial charge is 0.497 e. The predicted molar refractivity (Wildman–Crippen MR) is 140 cm³/mol. The Bertz CT molecular complexity index is 1520. The van der Waals surface area contributed by atoms with Crippen LogP contribution in [-0.2, 0) is 10.0 Å². The van der Waals surface area contributed by atoms with Crippen LogP contribution in [0, 0.1) is 0 Å². The van der Waals surface area contributed by atoms with Gasteiger partial charge in [-0.2, -0.15) is 0 Å². The number of carbonyl (C=O) groups excluding carboxylic acids is 2. The maximum absolute atomic E-state index is 13.2. The van der Waals surface area contributed by atoms with Crippen LogP contribution in [-0.4, -0.2) is 27.2 Å². The van der Waals surface area contributed by atoms with Crippen LogP contribution in [0.1, 0.15) is 26.3 Å². The van der Waals surface area contributed by atoms with Crippen LogP contribution in [0.5, 0.6) is 5.75 Å². The second-order valence-electron chi connectivity index (χ2n) is 7.67. The number of para-hydroxylation sites is 1. The van der Waals surface area contributed by atoms with E-state index >= 15 is 0 Å². The van der Waals surface area contributed by atoms with Gasteiger partial charge in [0.05, 0.1) is 28.9 Å². The van der Waals surface area contributed by atoms with Gasteiger partial charge in [-0.3, -0.25) is 14.3 Å². The van der Waals surface area contributed by atoms with Gasteiger partial charge in [0, 0.05) is 16.1 Å². The SMILES string of the molecule is COc1ccc(S(=O)(=O)Nc2ccccc2C(=O)Nc2ccc(Cl)cc2C(=O)c2ccccc2)cc1. The second kappa shape index (κ2) is 10.6. The predicted octanol–water partition coefficient (Wildman–Crippen LogP) is 5.63. The summed E-state index contributed by atoms with van der Waals surface area (Å²) in [5, 5.41) is 3.05. The molecule has 0 radical (unpaired) electrons. The van der Waals surface area contributed by atoms with Crippen molar-refractivity contribution in [1.82, 2.24) is 0 Å². The quantitative estimate of drug-likeness (QED) is 0.293. The molecule has 4 aromatic carbocycles. The molecule has 36 heavy (non-hydrogen) atoms. The van der Waals surface area contributed by atoms with Crippen molar-refractivity contribution in [3.05, 3.63) is 119 Å². The molecule has 182 valence electrons. The van der Waals surface area contributed by atoms with E-state index in [4.69, 9.17) is 16.3 Å². The van der Waals surface area contributed by atoms with Crippen molar-refractivity contribution in [3.8, 4) is 5.75 Å². The maximum atomic E-state index is 13.2. The van der Waals surface area contributed by atoms with Crippen molar-refractivity contribution < 1.29 is 22.7 Å². The number of hydrogen-bond donors (Lipinski definition) is 2. The summed E-state index contributed by atoms with van der Waals surface area (Å²) in [6.07, 6.45) is 0. The first kappa shape index (κ1) is 25.0. The summed E-state index contributed by atoms with van der Waals surface area (Å²) in [6.45, 7) is 0. The normalized spacial score (nSPS) is 10.9. The molecule has 7 nitrogen and oxygen atoms in total. The number of halogens is 1. The van der Waals surface area contributed by atoms with Gasteiger partial charge >= 0.3 is 0 Å². The number of carbonyl (C=O) groups is 2. The summed E-state index contributed by atoms with van der Waals surface area (Å²) >= 11 is 6.13. The minimum absolute atomic E-state index is 0.00644. The van der Waals surface area contributed by atoms with E-state index in [0.29, 0.717) is 16.3 Å². The van der Waals surface area contributed by atoms with Crippen LogP contribution in [0.2, 0.25) is 5.02 Å². The van der Waals surface area contributed by atoms with Crippen molar-refractivity contribution in [2.75, 3.05) is 17.1 Å². The molecule has 9 heteroatoms. The lowest BCUT2D eigenvalue weighted by atomic mass is 10.0. The molecule has 0 fully saturated rings. The number of benzene rings is 4. The number of nitrogens with one attached hydrogen (secondary N) is 2. The number of ketones is 1. The first-order chi connectivity index (χ1) is 17.3. The van der Waals surface area contributed by atoms with E-state index in [1.165, 1.54) is 55.6 Å². The highest BCUT2D eigenvalue weighted by molar-refractivity contribution is 7.92. The average molecular weight is 521 g/mol. The highest BCUT2D eigenvalue weighted by Crippen LogP contribution is 2.26. The lowest BCUT2D eigenvalue weighted by Crippen LogP contribution is -2.19. The molecule has 0 saturated heterocycles. The number of ether oxygens (including phenoxy) is 1. The Kier molecular flexibility index (Phi) is 7.38. The van der Waals surface area contributed by atoms with Crippen molar-refractivity contribution in [2.45, 2.75) is 4.90 Å². The molecule has 0 aliphatic heterocycles. The van der Waals surface area contributed by atoms with E-state index in [1.54, 1.807) is 48.5 Å². The van der Waals surface area contributed by atoms with E-state index in [9.17, 15) is 18.0 Å². The third kappa shape index (κ3) is 5.56. The third-order valence-electron chi connectivity index (χ3n) is 5.30. The van der Waals surface area contributed by atoms with Gasteiger partial charge in [0.25, 0.3) is 15.9 Å². The zero-order chi connectivity index (χ0) is 25.7. The fraction of sp³-hybridized carbons (Fsp3) is 0.0370. The first-order valence-electron chi connectivity index (χ1n) is 10.7. The van der Waals surface area contributed by atoms with E-state index < -0.39 is 15.9 Å². The number of amides is 1.